The zero-order valence-electron chi connectivity index (χ0n) is 14.0. The van der Waals surface area contributed by atoms with Gasteiger partial charge in [0.1, 0.15) is 18.5 Å². The lowest BCUT2D eigenvalue weighted by molar-refractivity contribution is 0.0460. The van der Waals surface area contributed by atoms with Crippen LogP contribution in [0.5, 0.6) is 5.75 Å². The van der Waals surface area contributed by atoms with Crippen molar-refractivity contribution in [2.45, 2.75) is 19.4 Å². The standard InChI is InChI=1S/C17H29NO4/c1-4-15-6-5-7-17(12-15)22-14-16(19)13-18(8-10-20-2)9-11-21-3/h5-7,12,16,19H,4,8-11,13-14H2,1-3H3. The third-order valence-corrected chi connectivity index (χ3v) is 3.44. The van der Waals surface area contributed by atoms with E-state index in [1.807, 2.05) is 18.2 Å². The second kappa shape index (κ2) is 11.4. The Morgan fingerprint density at radius 3 is 2.41 bits per heavy atom. The Hall–Kier alpha value is -1.14. The van der Waals surface area contributed by atoms with Crippen LogP contribution in [0.4, 0.5) is 0 Å². The van der Waals surface area contributed by atoms with Gasteiger partial charge in [0.2, 0.25) is 0 Å². The zero-order chi connectivity index (χ0) is 16.2. The lowest BCUT2D eigenvalue weighted by Gasteiger charge is -2.24. The van der Waals surface area contributed by atoms with Gasteiger partial charge in [0, 0.05) is 33.9 Å². The molecule has 0 aromatic heterocycles. The SMILES string of the molecule is CCc1cccc(OCC(O)CN(CCOC)CCOC)c1. The molecule has 1 aromatic carbocycles. The Bertz CT molecular complexity index is 392. The van der Waals surface area contributed by atoms with Gasteiger partial charge in [-0.2, -0.15) is 0 Å². The van der Waals surface area contributed by atoms with Crippen molar-refractivity contribution in [2.24, 2.45) is 0 Å². The van der Waals surface area contributed by atoms with Crippen LogP contribution < -0.4 is 4.74 Å². The smallest absolute Gasteiger partial charge is 0.119 e. The molecule has 1 aromatic rings. The molecular formula is C17H29NO4. The molecule has 1 N–H and O–H groups in total. The van der Waals surface area contributed by atoms with E-state index in [-0.39, 0.29) is 6.61 Å². The van der Waals surface area contributed by atoms with Crippen molar-refractivity contribution >= 4 is 0 Å². The number of aliphatic hydroxyl groups excluding tert-OH is 1. The molecule has 126 valence electrons. The van der Waals surface area contributed by atoms with E-state index >= 15 is 0 Å². The molecule has 0 amide bonds. The third kappa shape index (κ3) is 7.75. The number of methoxy groups -OCH3 is 2. The summed E-state index contributed by atoms with van der Waals surface area (Å²) in [5.74, 6) is 0.804. The molecule has 22 heavy (non-hydrogen) atoms. The summed E-state index contributed by atoms with van der Waals surface area (Å²) in [7, 11) is 3.35. The number of aliphatic hydroxyl groups is 1. The van der Waals surface area contributed by atoms with Crippen LogP contribution in [0.15, 0.2) is 24.3 Å². The van der Waals surface area contributed by atoms with E-state index in [0.717, 1.165) is 25.3 Å². The molecule has 1 atom stereocenters. The molecule has 0 aliphatic heterocycles. The topological polar surface area (TPSA) is 51.2 Å². The molecule has 0 spiro atoms. The second-order valence-electron chi connectivity index (χ2n) is 5.25. The van der Waals surface area contributed by atoms with Gasteiger partial charge in [-0.05, 0) is 24.1 Å². The Kier molecular flexibility index (Phi) is 9.82. The lowest BCUT2D eigenvalue weighted by atomic mass is 10.2. The van der Waals surface area contributed by atoms with E-state index < -0.39 is 6.10 Å². The first-order valence-corrected chi connectivity index (χ1v) is 7.79. The molecule has 1 unspecified atom stereocenters. The van der Waals surface area contributed by atoms with Crippen molar-refractivity contribution < 1.29 is 19.3 Å². The number of aryl methyl sites for hydroxylation is 1. The molecule has 5 nitrogen and oxygen atoms in total. The van der Waals surface area contributed by atoms with Gasteiger partial charge >= 0.3 is 0 Å². The molecular weight excluding hydrogens is 282 g/mol. The first-order valence-electron chi connectivity index (χ1n) is 7.79. The summed E-state index contributed by atoms with van der Waals surface area (Å²) in [6.45, 7) is 5.73. The Labute approximate surface area is 133 Å². The highest BCUT2D eigenvalue weighted by Crippen LogP contribution is 2.14. The van der Waals surface area contributed by atoms with Crippen LogP contribution in [-0.2, 0) is 15.9 Å². The Morgan fingerprint density at radius 1 is 1.14 bits per heavy atom. The highest BCUT2D eigenvalue weighted by molar-refractivity contribution is 5.28. The maximum Gasteiger partial charge on any atom is 0.119 e. The van der Waals surface area contributed by atoms with E-state index in [2.05, 4.69) is 17.9 Å². The average Bonchev–Trinajstić information content (AvgIpc) is 2.55. The fraction of sp³-hybridized carbons (Fsp3) is 0.647. The third-order valence-electron chi connectivity index (χ3n) is 3.44. The van der Waals surface area contributed by atoms with E-state index in [4.69, 9.17) is 14.2 Å². The predicted octanol–water partition coefficient (Wildman–Crippen LogP) is 1.58. The number of ether oxygens (including phenoxy) is 3. The number of hydrogen-bond acceptors (Lipinski definition) is 5. The second-order valence-corrected chi connectivity index (χ2v) is 5.25. The predicted molar refractivity (Wildman–Crippen MR) is 87.5 cm³/mol. The number of hydrogen-bond donors (Lipinski definition) is 1. The van der Waals surface area contributed by atoms with E-state index in [9.17, 15) is 5.11 Å². The van der Waals surface area contributed by atoms with Crippen molar-refractivity contribution in [3.8, 4) is 5.75 Å². The molecule has 1 rings (SSSR count). The van der Waals surface area contributed by atoms with Crippen LogP contribution in [-0.4, -0.2) is 69.8 Å². The van der Waals surface area contributed by atoms with Gasteiger partial charge in [0.05, 0.1) is 13.2 Å². The van der Waals surface area contributed by atoms with Gasteiger partial charge in [-0.1, -0.05) is 19.1 Å². The van der Waals surface area contributed by atoms with Crippen molar-refractivity contribution in [3.63, 3.8) is 0 Å². The maximum atomic E-state index is 10.2. The minimum atomic E-state index is -0.543. The summed E-state index contributed by atoms with van der Waals surface area (Å²) in [6.07, 6.45) is 0.431. The average molecular weight is 311 g/mol. The first kappa shape index (κ1) is 18.9. The molecule has 5 heteroatoms. The summed E-state index contributed by atoms with van der Waals surface area (Å²) < 4.78 is 15.9. The van der Waals surface area contributed by atoms with E-state index in [1.165, 1.54) is 5.56 Å². The van der Waals surface area contributed by atoms with Gasteiger partial charge in [0.15, 0.2) is 0 Å². The number of rotatable bonds is 12. The summed E-state index contributed by atoms with van der Waals surface area (Å²) in [6, 6.07) is 7.98. The largest absolute Gasteiger partial charge is 0.491 e. The quantitative estimate of drug-likeness (QED) is 0.635. The highest BCUT2D eigenvalue weighted by atomic mass is 16.5. The monoisotopic (exact) mass is 311 g/mol. The fourth-order valence-electron chi connectivity index (χ4n) is 2.13. The van der Waals surface area contributed by atoms with Gasteiger partial charge in [-0.25, -0.2) is 0 Å². The normalized spacial score (nSPS) is 12.6. The van der Waals surface area contributed by atoms with Crippen LogP contribution in [0.25, 0.3) is 0 Å². The van der Waals surface area contributed by atoms with Gasteiger partial charge in [0.25, 0.3) is 0 Å². The number of benzene rings is 1. The van der Waals surface area contributed by atoms with Crippen molar-refractivity contribution in [3.05, 3.63) is 29.8 Å². The van der Waals surface area contributed by atoms with Crippen LogP contribution in [0.3, 0.4) is 0 Å². The maximum absolute atomic E-state index is 10.2. The van der Waals surface area contributed by atoms with Gasteiger partial charge < -0.3 is 19.3 Å². The van der Waals surface area contributed by atoms with Gasteiger partial charge in [-0.15, -0.1) is 0 Å². The molecule has 0 saturated heterocycles. The van der Waals surface area contributed by atoms with Crippen LogP contribution >= 0.6 is 0 Å². The van der Waals surface area contributed by atoms with Crippen molar-refractivity contribution in [1.29, 1.82) is 0 Å². The highest BCUT2D eigenvalue weighted by Gasteiger charge is 2.12. The molecule has 0 saturated carbocycles. The lowest BCUT2D eigenvalue weighted by Crippen LogP contribution is -2.39. The summed E-state index contributed by atoms with van der Waals surface area (Å²) in [4.78, 5) is 2.11. The van der Waals surface area contributed by atoms with Gasteiger partial charge in [-0.3, -0.25) is 4.90 Å². The summed E-state index contributed by atoms with van der Waals surface area (Å²) in [5.41, 5.74) is 1.23. The van der Waals surface area contributed by atoms with Crippen LogP contribution in [0.1, 0.15) is 12.5 Å². The van der Waals surface area contributed by atoms with Crippen molar-refractivity contribution in [2.75, 3.05) is 53.7 Å². The van der Waals surface area contributed by atoms with Crippen molar-refractivity contribution in [1.82, 2.24) is 4.90 Å². The van der Waals surface area contributed by atoms with E-state index in [1.54, 1.807) is 14.2 Å². The minimum absolute atomic E-state index is 0.281. The Morgan fingerprint density at radius 2 is 1.82 bits per heavy atom. The molecule has 0 radical (unpaired) electrons. The zero-order valence-corrected chi connectivity index (χ0v) is 14.0. The number of nitrogens with zero attached hydrogens (tertiary/aromatic N) is 1. The summed E-state index contributed by atoms with van der Waals surface area (Å²) >= 11 is 0. The molecule has 0 aliphatic carbocycles. The molecule has 0 heterocycles. The van der Waals surface area contributed by atoms with Crippen LogP contribution in [0, 0.1) is 0 Å². The fourth-order valence-corrected chi connectivity index (χ4v) is 2.13. The minimum Gasteiger partial charge on any atom is -0.491 e. The molecule has 0 aliphatic rings. The molecule has 0 bridgehead atoms. The summed E-state index contributed by atoms with van der Waals surface area (Å²) in [5, 5.41) is 10.2. The first-order chi connectivity index (χ1) is 10.7. The van der Waals surface area contributed by atoms with Crippen LogP contribution in [0.2, 0.25) is 0 Å². The Balaban J connectivity index is 2.39. The molecule has 0 fully saturated rings. The van der Waals surface area contributed by atoms with E-state index in [0.29, 0.717) is 19.8 Å².